The second-order valence-electron chi connectivity index (χ2n) is 8.35. The number of nitrogens with zero attached hydrogens (tertiary/aromatic N) is 2. The Hall–Kier alpha value is -4.28. The average molecular weight is 499 g/mol. The molecule has 2 amide bonds. The Balaban J connectivity index is 1.68. The molecular weight excluding hydrogens is 478 g/mol. The molecule has 7 nitrogen and oxygen atoms in total. The van der Waals surface area contributed by atoms with Gasteiger partial charge in [0.25, 0.3) is 17.8 Å². The molecule has 1 aliphatic rings. The van der Waals surface area contributed by atoms with Gasteiger partial charge in [0.15, 0.2) is 0 Å². The molecule has 0 bridgehead atoms. The molecule has 2 heterocycles. The molecule has 0 fully saturated rings. The summed E-state index contributed by atoms with van der Waals surface area (Å²) in [6.07, 6.45) is -1.41. The van der Waals surface area contributed by atoms with Gasteiger partial charge in [0.2, 0.25) is 23.7 Å². The predicted octanol–water partition coefficient (Wildman–Crippen LogP) is 4.01. The Morgan fingerprint density at radius 2 is 1.56 bits per heavy atom. The van der Waals surface area contributed by atoms with Gasteiger partial charge in [-0.1, -0.05) is 62.4 Å². The minimum absolute atomic E-state index is 0.430. The fraction of sp³-hybridized carbons (Fsp3) is 0.200. The molecular formula is C25H21F4N5O2. The molecule has 36 heavy (non-hydrogen) atoms. The quantitative estimate of drug-likeness (QED) is 0.353. The molecule has 2 unspecified atom stereocenters. The highest BCUT2D eigenvalue weighted by atomic mass is 19.2. The largest absolute Gasteiger partial charge is 0.368 e. The van der Waals surface area contributed by atoms with Crippen LogP contribution in [0.15, 0.2) is 59.6 Å². The summed E-state index contributed by atoms with van der Waals surface area (Å²) in [6.45, 7) is 3.09. The summed E-state index contributed by atoms with van der Waals surface area (Å²) in [6, 6.07) is 14.6. The first-order valence-electron chi connectivity index (χ1n) is 11.0. The fourth-order valence-corrected chi connectivity index (χ4v) is 3.71. The molecule has 2 atom stereocenters. The molecule has 3 N–H and O–H groups in total. The van der Waals surface area contributed by atoms with Crippen molar-refractivity contribution in [2.45, 2.75) is 26.1 Å². The van der Waals surface area contributed by atoms with Crippen LogP contribution in [0.4, 0.5) is 28.9 Å². The molecule has 3 aromatic rings. The number of carbonyl (C=O) groups excluding carboxylic acids is 2. The summed E-state index contributed by atoms with van der Waals surface area (Å²) < 4.78 is 55.5. The Kier molecular flexibility index (Phi) is 7.00. The first-order chi connectivity index (χ1) is 17.2. The normalized spacial score (nSPS) is 15.9. The third kappa shape index (κ3) is 4.90. The molecule has 0 radical (unpaired) electrons. The van der Waals surface area contributed by atoms with Gasteiger partial charge in [-0.3, -0.25) is 9.59 Å². The van der Waals surface area contributed by atoms with Crippen LogP contribution in [0.3, 0.4) is 0 Å². The number of fused-ring (bicyclic) bond motifs is 1. The number of para-hydroxylation sites is 1. The highest BCUT2D eigenvalue weighted by Gasteiger charge is 2.32. The summed E-state index contributed by atoms with van der Waals surface area (Å²) in [4.78, 5) is 33.1. The summed E-state index contributed by atoms with van der Waals surface area (Å²) in [5.41, 5.74) is 1.04. The van der Waals surface area contributed by atoms with Crippen LogP contribution in [-0.2, 0) is 9.59 Å². The third-order valence-electron chi connectivity index (χ3n) is 5.52. The van der Waals surface area contributed by atoms with E-state index in [1.54, 1.807) is 62.4 Å². The lowest BCUT2D eigenvalue weighted by Crippen LogP contribution is -2.50. The molecule has 4 rings (SSSR count). The summed E-state index contributed by atoms with van der Waals surface area (Å²) >= 11 is 0. The first kappa shape index (κ1) is 24.8. The molecule has 2 aromatic carbocycles. The van der Waals surface area contributed by atoms with Crippen molar-refractivity contribution in [3.8, 4) is 0 Å². The van der Waals surface area contributed by atoms with Crippen LogP contribution in [0.5, 0.6) is 0 Å². The van der Waals surface area contributed by atoms with Gasteiger partial charge in [-0.15, -0.1) is 0 Å². The van der Waals surface area contributed by atoms with Crippen molar-refractivity contribution in [3.05, 3.63) is 89.3 Å². The monoisotopic (exact) mass is 499 g/mol. The molecule has 1 aliphatic heterocycles. The van der Waals surface area contributed by atoms with Gasteiger partial charge in [-0.2, -0.15) is 22.5 Å². The zero-order valence-corrected chi connectivity index (χ0v) is 19.2. The number of pyridine rings is 1. The average Bonchev–Trinajstić information content (AvgIpc) is 2.99. The Labute approximate surface area is 203 Å². The van der Waals surface area contributed by atoms with Crippen LogP contribution < -0.4 is 16.0 Å². The molecule has 11 heteroatoms. The van der Waals surface area contributed by atoms with E-state index in [0.717, 1.165) is 0 Å². The standard InChI is InChI=1S/C25H21F4N5O2/c1-12(2)18(31-20-16(26)21(28)33-22(29)17(20)27)24(35)34-23-25(36)30-15-11-7-6-10-14(15)19(32-23)13-8-4-3-5-9-13/h3-12,18,23H,1-2H3,(H,30,36)(H,31,33)(H,34,35). The first-order valence-corrected chi connectivity index (χ1v) is 11.0. The number of aliphatic imine (C=N–C) groups is 1. The van der Waals surface area contributed by atoms with E-state index in [1.807, 2.05) is 6.07 Å². The summed E-state index contributed by atoms with van der Waals surface area (Å²) in [5, 5.41) is 7.39. The Morgan fingerprint density at radius 1 is 0.944 bits per heavy atom. The van der Waals surface area contributed by atoms with Crippen molar-refractivity contribution < 1.29 is 27.2 Å². The van der Waals surface area contributed by atoms with Crippen LogP contribution in [0, 0.1) is 29.4 Å². The number of benzene rings is 2. The molecule has 186 valence electrons. The minimum Gasteiger partial charge on any atom is -0.368 e. The number of nitrogens with one attached hydrogen (secondary N) is 3. The van der Waals surface area contributed by atoms with Gasteiger partial charge in [0, 0.05) is 11.1 Å². The van der Waals surface area contributed by atoms with Gasteiger partial charge in [-0.25, -0.2) is 4.99 Å². The lowest BCUT2D eigenvalue weighted by molar-refractivity contribution is -0.127. The smallest absolute Gasteiger partial charge is 0.269 e. The van der Waals surface area contributed by atoms with Gasteiger partial charge in [-0.05, 0) is 12.0 Å². The highest BCUT2D eigenvalue weighted by Crippen LogP contribution is 2.26. The predicted molar refractivity (Wildman–Crippen MR) is 125 cm³/mol. The van der Waals surface area contributed by atoms with E-state index in [4.69, 9.17) is 0 Å². The highest BCUT2D eigenvalue weighted by molar-refractivity contribution is 6.19. The second-order valence-corrected chi connectivity index (χ2v) is 8.35. The fourth-order valence-electron chi connectivity index (χ4n) is 3.71. The summed E-state index contributed by atoms with van der Waals surface area (Å²) in [7, 11) is 0. The molecule has 0 saturated carbocycles. The zero-order valence-electron chi connectivity index (χ0n) is 19.2. The van der Waals surface area contributed by atoms with E-state index >= 15 is 0 Å². The van der Waals surface area contributed by atoms with Crippen LogP contribution >= 0.6 is 0 Å². The number of hydrogen-bond donors (Lipinski definition) is 3. The van der Waals surface area contributed by atoms with Crippen LogP contribution in [-0.4, -0.2) is 34.7 Å². The SMILES string of the molecule is CC(C)C(Nc1c(F)c(F)nc(F)c1F)C(=O)NC1N=C(c2ccccc2)c2ccccc2NC1=O. The molecule has 0 spiro atoms. The number of anilines is 2. The van der Waals surface area contributed by atoms with Crippen LogP contribution in [0.25, 0.3) is 0 Å². The minimum atomic E-state index is -1.86. The Bertz CT molecular complexity index is 1320. The second kappa shape index (κ2) is 10.1. The topological polar surface area (TPSA) is 95.5 Å². The van der Waals surface area contributed by atoms with Crippen LogP contribution in [0.2, 0.25) is 0 Å². The van der Waals surface area contributed by atoms with Gasteiger partial charge < -0.3 is 16.0 Å². The number of rotatable bonds is 6. The van der Waals surface area contributed by atoms with Gasteiger partial charge in [0.05, 0.1) is 11.4 Å². The van der Waals surface area contributed by atoms with E-state index in [1.165, 1.54) is 0 Å². The number of benzodiazepines with no additional fused rings is 1. The third-order valence-corrected chi connectivity index (χ3v) is 5.52. The van der Waals surface area contributed by atoms with E-state index < -0.39 is 59.2 Å². The zero-order chi connectivity index (χ0) is 26.0. The number of amides is 2. The number of carbonyl (C=O) groups is 2. The van der Waals surface area contributed by atoms with Gasteiger partial charge >= 0.3 is 0 Å². The van der Waals surface area contributed by atoms with Crippen molar-refractivity contribution in [2.75, 3.05) is 10.6 Å². The van der Waals surface area contributed by atoms with E-state index in [0.29, 0.717) is 22.5 Å². The maximum absolute atomic E-state index is 14.2. The number of halogens is 4. The number of hydrogen-bond acceptors (Lipinski definition) is 5. The number of aromatic nitrogens is 1. The van der Waals surface area contributed by atoms with Crippen LogP contribution in [0.1, 0.15) is 25.0 Å². The molecule has 0 aliphatic carbocycles. The maximum Gasteiger partial charge on any atom is 0.269 e. The molecule has 0 saturated heterocycles. The van der Waals surface area contributed by atoms with E-state index in [-0.39, 0.29) is 0 Å². The molecule has 1 aromatic heterocycles. The van der Waals surface area contributed by atoms with E-state index in [9.17, 15) is 27.2 Å². The van der Waals surface area contributed by atoms with Crippen molar-refractivity contribution in [1.29, 1.82) is 0 Å². The van der Waals surface area contributed by atoms with Crippen molar-refractivity contribution in [2.24, 2.45) is 10.9 Å². The lowest BCUT2D eigenvalue weighted by Gasteiger charge is -2.25. The van der Waals surface area contributed by atoms with Crippen molar-refractivity contribution in [1.82, 2.24) is 10.3 Å². The van der Waals surface area contributed by atoms with Crippen molar-refractivity contribution >= 4 is 28.9 Å². The van der Waals surface area contributed by atoms with E-state index in [2.05, 4.69) is 25.9 Å². The lowest BCUT2D eigenvalue weighted by atomic mass is 10.0. The summed E-state index contributed by atoms with van der Waals surface area (Å²) in [5.74, 6) is -9.42. The maximum atomic E-state index is 14.2. The van der Waals surface area contributed by atoms with Gasteiger partial charge in [0.1, 0.15) is 11.7 Å². The Morgan fingerprint density at radius 3 is 2.19 bits per heavy atom. The van der Waals surface area contributed by atoms with Crippen molar-refractivity contribution in [3.63, 3.8) is 0 Å².